The predicted octanol–water partition coefficient (Wildman–Crippen LogP) is 3.24. The van der Waals surface area contributed by atoms with E-state index in [-0.39, 0.29) is 24.5 Å². The van der Waals surface area contributed by atoms with E-state index in [4.69, 9.17) is 10.5 Å². The van der Waals surface area contributed by atoms with E-state index in [1.165, 1.54) is 11.8 Å². The number of hydrogen-bond donors (Lipinski definition) is 0. The number of carbonyl (C=O) groups excluding carboxylic acids is 1. The molecule has 0 fully saturated rings. The first kappa shape index (κ1) is 19.6. The minimum atomic E-state index is -0.0870. The van der Waals surface area contributed by atoms with Crippen molar-refractivity contribution in [1.82, 2.24) is 14.5 Å². The van der Waals surface area contributed by atoms with Crippen LogP contribution in [0.15, 0.2) is 35.7 Å². The predicted molar refractivity (Wildman–Crippen MR) is 101 cm³/mol. The second-order valence-corrected chi connectivity index (χ2v) is 6.80. The smallest absolute Gasteiger partial charge is 0.233 e. The normalized spacial score (nSPS) is 10.2. The van der Waals surface area contributed by atoms with E-state index in [0.717, 1.165) is 22.0 Å². The average Bonchev–Trinajstić information content (AvgIpc) is 3.10. The first-order valence-electron chi connectivity index (χ1n) is 8.32. The van der Waals surface area contributed by atoms with Crippen LogP contribution in [0.5, 0.6) is 0 Å². The fourth-order valence-electron chi connectivity index (χ4n) is 2.51. The molecule has 26 heavy (non-hydrogen) atoms. The van der Waals surface area contributed by atoms with Crippen LogP contribution >= 0.6 is 11.8 Å². The summed E-state index contributed by atoms with van der Waals surface area (Å²) in [6.07, 6.45) is 4.13. The van der Waals surface area contributed by atoms with E-state index in [9.17, 15) is 4.79 Å². The monoisotopic (exact) mass is 367 g/mol. The van der Waals surface area contributed by atoms with Gasteiger partial charge in [-0.2, -0.15) is 10.5 Å². The van der Waals surface area contributed by atoms with Crippen LogP contribution in [-0.4, -0.2) is 39.2 Å². The molecule has 0 unspecified atom stereocenters. The lowest BCUT2D eigenvalue weighted by molar-refractivity contribution is -0.128. The maximum absolute atomic E-state index is 12.5. The van der Waals surface area contributed by atoms with Crippen molar-refractivity contribution in [2.24, 2.45) is 0 Å². The van der Waals surface area contributed by atoms with Crippen molar-refractivity contribution in [2.75, 3.05) is 18.8 Å². The molecule has 1 aromatic carbocycles. The summed E-state index contributed by atoms with van der Waals surface area (Å²) in [5.41, 5.74) is 3.33. The minimum Gasteiger partial charge on any atom is -0.340 e. The molecule has 0 aliphatic carbocycles. The molecule has 0 saturated carbocycles. The first-order valence-corrected chi connectivity index (χ1v) is 9.31. The van der Waals surface area contributed by atoms with Gasteiger partial charge in [-0.25, -0.2) is 4.98 Å². The van der Waals surface area contributed by atoms with Gasteiger partial charge in [0.05, 0.1) is 36.4 Å². The number of hydrogen-bond acceptors (Lipinski definition) is 5. The van der Waals surface area contributed by atoms with E-state index in [0.29, 0.717) is 13.1 Å². The molecule has 0 N–H and O–H groups in total. The second kappa shape index (κ2) is 9.65. The molecule has 0 radical (unpaired) electrons. The number of thioether (sulfide) groups is 1. The van der Waals surface area contributed by atoms with Gasteiger partial charge in [-0.3, -0.25) is 9.36 Å². The largest absolute Gasteiger partial charge is 0.340 e. The maximum atomic E-state index is 12.5. The van der Waals surface area contributed by atoms with Gasteiger partial charge in [-0.1, -0.05) is 23.9 Å². The molecule has 0 spiro atoms. The molecular weight excluding hydrogens is 346 g/mol. The van der Waals surface area contributed by atoms with Crippen LogP contribution in [0.3, 0.4) is 0 Å². The van der Waals surface area contributed by atoms with Crippen LogP contribution in [0.2, 0.25) is 0 Å². The minimum absolute atomic E-state index is 0.0870. The van der Waals surface area contributed by atoms with Crippen molar-refractivity contribution in [2.45, 2.75) is 31.8 Å². The zero-order valence-electron chi connectivity index (χ0n) is 15.0. The average molecular weight is 367 g/mol. The number of aryl methyl sites for hydroxylation is 2. The van der Waals surface area contributed by atoms with Gasteiger partial charge in [-0.05, 0) is 31.0 Å². The lowest BCUT2D eigenvalue weighted by Crippen LogP contribution is -2.34. The molecule has 1 heterocycles. The third-order valence-corrected chi connectivity index (χ3v) is 4.85. The molecule has 2 aromatic rings. The Balaban J connectivity index is 2.09. The standard InChI is InChI=1S/C19H21N5OS/c1-15-5-6-16(2)17(13-15)24-12-9-22-19(24)26-14-18(25)23(10-3-7-20)11-4-8-21/h5-6,9,12-13H,3-4,10-11,14H2,1-2H3. The molecule has 0 saturated heterocycles. The van der Waals surface area contributed by atoms with Gasteiger partial charge in [-0.15, -0.1) is 0 Å². The maximum Gasteiger partial charge on any atom is 0.233 e. The molecule has 6 nitrogen and oxygen atoms in total. The van der Waals surface area contributed by atoms with Gasteiger partial charge in [0.1, 0.15) is 0 Å². The Kier molecular flexibility index (Phi) is 7.25. The third-order valence-electron chi connectivity index (χ3n) is 3.90. The van der Waals surface area contributed by atoms with Crippen molar-refractivity contribution in [3.8, 4) is 17.8 Å². The molecule has 1 amide bonds. The number of imidazole rings is 1. The summed E-state index contributed by atoms with van der Waals surface area (Å²) >= 11 is 1.36. The van der Waals surface area contributed by atoms with Gasteiger partial charge in [0.2, 0.25) is 5.91 Å². The number of carbonyl (C=O) groups is 1. The SMILES string of the molecule is Cc1ccc(C)c(-n2ccnc2SCC(=O)N(CCC#N)CCC#N)c1. The Morgan fingerprint density at radius 3 is 2.58 bits per heavy atom. The van der Waals surface area contributed by atoms with Gasteiger partial charge >= 0.3 is 0 Å². The lowest BCUT2D eigenvalue weighted by Gasteiger charge is -2.20. The van der Waals surface area contributed by atoms with Crippen molar-refractivity contribution >= 4 is 17.7 Å². The van der Waals surface area contributed by atoms with E-state index in [1.54, 1.807) is 11.1 Å². The van der Waals surface area contributed by atoms with E-state index < -0.39 is 0 Å². The Labute approximate surface area is 158 Å². The third kappa shape index (κ3) is 5.11. The Morgan fingerprint density at radius 1 is 1.23 bits per heavy atom. The van der Waals surface area contributed by atoms with Crippen LogP contribution in [0.1, 0.15) is 24.0 Å². The number of rotatable bonds is 8. The Bertz CT molecular complexity index is 828. The first-order chi connectivity index (χ1) is 12.6. The molecule has 2 rings (SSSR count). The number of nitriles is 2. The van der Waals surface area contributed by atoms with Gasteiger partial charge < -0.3 is 4.90 Å². The van der Waals surface area contributed by atoms with Gasteiger partial charge in [0.25, 0.3) is 0 Å². The van der Waals surface area contributed by atoms with Crippen molar-refractivity contribution < 1.29 is 4.79 Å². The highest BCUT2D eigenvalue weighted by Crippen LogP contribution is 2.24. The fraction of sp³-hybridized carbons (Fsp3) is 0.368. The number of benzene rings is 1. The van der Waals surface area contributed by atoms with Gasteiger partial charge in [0.15, 0.2) is 5.16 Å². The van der Waals surface area contributed by atoms with Gasteiger partial charge in [0, 0.05) is 25.5 Å². The summed E-state index contributed by atoms with van der Waals surface area (Å²) in [6, 6.07) is 10.3. The van der Waals surface area contributed by atoms with Crippen LogP contribution in [0.4, 0.5) is 0 Å². The zero-order valence-corrected chi connectivity index (χ0v) is 15.8. The summed E-state index contributed by atoms with van der Waals surface area (Å²) < 4.78 is 1.98. The van der Waals surface area contributed by atoms with E-state index >= 15 is 0 Å². The van der Waals surface area contributed by atoms with Crippen molar-refractivity contribution in [3.05, 3.63) is 41.7 Å². The summed E-state index contributed by atoms with van der Waals surface area (Å²) in [5.74, 6) is 0.134. The van der Waals surface area contributed by atoms with E-state index in [1.807, 2.05) is 36.7 Å². The van der Waals surface area contributed by atoms with Crippen LogP contribution in [-0.2, 0) is 4.79 Å². The number of nitrogens with zero attached hydrogens (tertiary/aromatic N) is 5. The van der Waals surface area contributed by atoms with Crippen LogP contribution in [0, 0.1) is 36.5 Å². The number of aromatic nitrogens is 2. The zero-order chi connectivity index (χ0) is 18.9. The lowest BCUT2D eigenvalue weighted by atomic mass is 10.1. The summed E-state index contributed by atoms with van der Waals surface area (Å²) in [4.78, 5) is 18.4. The highest BCUT2D eigenvalue weighted by Gasteiger charge is 2.16. The molecule has 0 bridgehead atoms. The topological polar surface area (TPSA) is 85.7 Å². The quantitative estimate of drug-likeness (QED) is 0.669. The Hall–Kier alpha value is -2.77. The van der Waals surface area contributed by atoms with Crippen LogP contribution < -0.4 is 0 Å². The fourth-order valence-corrected chi connectivity index (χ4v) is 3.38. The Morgan fingerprint density at radius 2 is 1.92 bits per heavy atom. The summed E-state index contributed by atoms with van der Waals surface area (Å²) in [5, 5.41) is 18.2. The molecule has 0 aliphatic heterocycles. The molecule has 1 aromatic heterocycles. The highest BCUT2D eigenvalue weighted by molar-refractivity contribution is 7.99. The number of amides is 1. The highest BCUT2D eigenvalue weighted by atomic mass is 32.2. The molecular formula is C19H21N5OS. The van der Waals surface area contributed by atoms with Crippen molar-refractivity contribution in [3.63, 3.8) is 0 Å². The molecule has 0 atom stereocenters. The second-order valence-electron chi connectivity index (χ2n) is 5.86. The van der Waals surface area contributed by atoms with Crippen LogP contribution in [0.25, 0.3) is 5.69 Å². The molecule has 134 valence electrons. The summed E-state index contributed by atoms with van der Waals surface area (Å²) in [6.45, 7) is 4.78. The molecule has 0 aliphatic rings. The molecule has 7 heteroatoms. The van der Waals surface area contributed by atoms with Crippen molar-refractivity contribution in [1.29, 1.82) is 10.5 Å². The summed E-state index contributed by atoms with van der Waals surface area (Å²) in [7, 11) is 0. The van der Waals surface area contributed by atoms with E-state index in [2.05, 4.69) is 23.2 Å².